The maximum absolute atomic E-state index is 10.9. The molecule has 3 aromatic heterocycles. The van der Waals surface area contributed by atoms with Crippen LogP contribution in [0.2, 0.25) is 5.28 Å². The molecular formula is C12H14ClN9O4. The van der Waals surface area contributed by atoms with E-state index < -0.39 is 24.2 Å². The minimum atomic E-state index is -2.37. The van der Waals surface area contributed by atoms with Gasteiger partial charge in [-0.05, 0) is 11.6 Å². The van der Waals surface area contributed by atoms with Crippen molar-refractivity contribution in [2.24, 2.45) is 0 Å². The van der Waals surface area contributed by atoms with Gasteiger partial charge in [-0.3, -0.25) is 4.57 Å². The van der Waals surface area contributed by atoms with Crippen LogP contribution in [0.1, 0.15) is 0 Å². The fourth-order valence-electron chi connectivity index (χ4n) is 2.85. The highest BCUT2D eigenvalue weighted by Crippen LogP contribution is 2.36. The summed E-state index contributed by atoms with van der Waals surface area (Å²) >= 11 is 5.80. The van der Waals surface area contributed by atoms with Crippen molar-refractivity contribution in [2.75, 3.05) is 11.5 Å². The van der Waals surface area contributed by atoms with E-state index in [2.05, 4.69) is 25.3 Å². The smallest absolute Gasteiger partial charge is 0.286 e. The number of nitrogens with two attached hydrogens (primary N) is 2. The molecule has 4 atom stereocenters. The number of imidazole rings is 1. The molecule has 4 rings (SSSR count). The molecule has 0 radical (unpaired) electrons. The molecule has 0 bridgehead atoms. The average Bonchev–Trinajstić information content (AvgIpc) is 3.23. The maximum atomic E-state index is 10.9. The molecule has 0 aliphatic carbocycles. The Labute approximate surface area is 149 Å². The number of aromatic nitrogens is 7. The van der Waals surface area contributed by atoms with E-state index in [9.17, 15) is 15.3 Å². The van der Waals surface area contributed by atoms with Gasteiger partial charge in [0.25, 0.3) is 5.91 Å². The van der Waals surface area contributed by atoms with Gasteiger partial charge in [0.1, 0.15) is 24.1 Å². The van der Waals surface area contributed by atoms with E-state index in [-0.39, 0.29) is 34.6 Å². The third kappa shape index (κ3) is 2.45. The zero-order valence-electron chi connectivity index (χ0n) is 13.0. The number of hydrogen-bond acceptors (Lipinski definition) is 11. The minimum absolute atomic E-state index is 0.00924. The molecule has 0 unspecified atom stereocenters. The highest BCUT2D eigenvalue weighted by Gasteiger charge is 2.55. The van der Waals surface area contributed by atoms with Crippen LogP contribution in [0, 0.1) is 0 Å². The van der Waals surface area contributed by atoms with E-state index in [4.69, 9.17) is 27.8 Å². The highest BCUT2D eigenvalue weighted by molar-refractivity contribution is 6.28. The summed E-state index contributed by atoms with van der Waals surface area (Å²) in [6.07, 6.45) is -1.63. The second-order valence-electron chi connectivity index (χ2n) is 5.78. The van der Waals surface area contributed by atoms with Crippen molar-refractivity contribution >= 4 is 34.4 Å². The number of anilines is 2. The van der Waals surface area contributed by atoms with E-state index >= 15 is 0 Å². The number of nitrogens with zero attached hydrogens (tertiary/aromatic N) is 7. The van der Waals surface area contributed by atoms with E-state index in [1.54, 1.807) is 0 Å². The van der Waals surface area contributed by atoms with Crippen molar-refractivity contribution in [3.63, 3.8) is 0 Å². The number of hydrogen-bond donors (Lipinski definition) is 5. The largest absolute Gasteiger partial charge is 0.387 e. The van der Waals surface area contributed by atoms with Gasteiger partial charge in [0.2, 0.25) is 5.28 Å². The fraction of sp³-hybridized carbons (Fsp3) is 0.417. The van der Waals surface area contributed by atoms with E-state index in [0.29, 0.717) is 0 Å². The summed E-state index contributed by atoms with van der Waals surface area (Å²) < 4.78 is 7.86. The monoisotopic (exact) mass is 383 g/mol. The standard InChI is InChI=1S/C12H14ClN9O4/c13-11-17-9(15)6-10(18-11)22(3-16-6)12(25)8(24)7(23)4(26-12)1-21-2-5(14)19-20-21/h2-4,7-8,23-25H,1,14H2,(H2,15,17,18)/t4-,7-,8-,12+/m1/s1. The van der Waals surface area contributed by atoms with Crippen molar-refractivity contribution in [1.82, 2.24) is 34.5 Å². The van der Waals surface area contributed by atoms with E-state index in [1.165, 1.54) is 10.9 Å². The van der Waals surface area contributed by atoms with Crippen LogP contribution in [-0.2, 0) is 17.2 Å². The summed E-state index contributed by atoms with van der Waals surface area (Å²) in [7, 11) is 0. The van der Waals surface area contributed by atoms with Crippen LogP contribution in [-0.4, -0.2) is 68.1 Å². The van der Waals surface area contributed by atoms with Gasteiger partial charge in [-0.2, -0.15) is 9.97 Å². The first-order valence-corrected chi connectivity index (χ1v) is 7.76. The highest BCUT2D eigenvalue weighted by atomic mass is 35.5. The van der Waals surface area contributed by atoms with Gasteiger partial charge in [0, 0.05) is 0 Å². The van der Waals surface area contributed by atoms with Crippen molar-refractivity contribution in [3.8, 4) is 0 Å². The molecule has 1 fully saturated rings. The van der Waals surface area contributed by atoms with Gasteiger partial charge in [-0.15, -0.1) is 5.10 Å². The van der Waals surface area contributed by atoms with Crippen LogP contribution in [0.4, 0.5) is 11.6 Å². The van der Waals surface area contributed by atoms with Gasteiger partial charge in [-0.25, -0.2) is 9.67 Å². The summed E-state index contributed by atoms with van der Waals surface area (Å²) in [5.74, 6) is -2.20. The quantitative estimate of drug-likeness (QED) is 0.304. The molecule has 138 valence electrons. The number of aliphatic hydroxyl groups excluding tert-OH is 2. The number of aliphatic hydroxyl groups is 3. The van der Waals surface area contributed by atoms with Crippen molar-refractivity contribution in [1.29, 1.82) is 0 Å². The molecule has 0 saturated carbocycles. The van der Waals surface area contributed by atoms with Gasteiger partial charge >= 0.3 is 0 Å². The molecule has 13 nitrogen and oxygen atoms in total. The zero-order chi connectivity index (χ0) is 18.6. The predicted molar refractivity (Wildman–Crippen MR) is 86.3 cm³/mol. The number of rotatable bonds is 3. The Kier molecular flexibility index (Phi) is 3.71. The Bertz CT molecular complexity index is 977. The van der Waals surface area contributed by atoms with Crippen molar-refractivity contribution in [2.45, 2.75) is 30.8 Å². The minimum Gasteiger partial charge on any atom is -0.387 e. The lowest BCUT2D eigenvalue weighted by atomic mass is 10.1. The molecule has 0 spiro atoms. The van der Waals surface area contributed by atoms with Crippen molar-refractivity contribution < 1.29 is 20.1 Å². The van der Waals surface area contributed by atoms with Crippen LogP contribution < -0.4 is 11.5 Å². The molecule has 3 aromatic rings. The SMILES string of the molecule is Nc1cn(C[C@H]2O[C@](O)(n3cnc4c(N)nc(Cl)nc43)[C@H](O)[C@@H]2O)nn1. The second kappa shape index (κ2) is 5.72. The van der Waals surface area contributed by atoms with Crippen LogP contribution in [0.3, 0.4) is 0 Å². The Morgan fingerprint density at radius 3 is 2.77 bits per heavy atom. The van der Waals surface area contributed by atoms with Crippen molar-refractivity contribution in [3.05, 3.63) is 17.8 Å². The summed E-state index contributed by atoms with van der Waals surface area (Å²) in [6, 6.07) is 0. The normalized spacial score (nSPS) is 28.8. The lowest BCUT2D eigenvalue weighted by Crippen LogP contribution is -2.45. The molecule has 4 heterocycles. The number of nitrogen functional groups attached to an aromatic ring is 2. The molecule has 1 saturated heterocycles. The predicted octanol–water partition coefficient (Wildman–Crippen LogP) is -2.34. The van der Waals surface area contributed by atoms with Crippen LogP contribution >= 0.6 is 11.6 Å². The summed E-state index contributed by atoms with van der Waals surface area (Å²) in [5, 5.41) is 38.8. The number of ether oxygens (including phenoxy) is 1. The Balaban J connectivity index is 1.72. The Hall–Kier alpha value is -2.58. The van der Waals surface area contributed by atoms with E-state index in [1.807, 2.05) is 0 Å². The van der Waals surface area contributed by atoms with Gasteiger partial charge in [-0.1, -0.05) is 5.21 Å². The van der Waals surface area contributed by atoms with Crippen LogP contribution in [0.5, 0.6) is 0 Å². The first-order chi connectivity index (χ1) is 12.3. The molecule has 1 aliphatic heterocycles. The molecular weight excluding hydrogens is 370 g/mol. The summed E-state index contributed by atoms with van der Waals surface area (Å²) in [4.78, 5) is 11.7. The first-order valence-electron chi connectivity index (χ1n) is 7.38. The molecule has 7 N–H and O–H groups in total. The number of fused-ring (bicyclic) bond motifs is 1. The second-order valence-corrected chi connectivity index (χ2v) is 6.12. The van der Waals surface area contributed by atoms with Gasteiger partial charge in [0.05, 0.1) is 12.7 Å². The fourth-order valence-corrected chi connectivity index (χ4v) is 3.02. The summed E-state index contributed by atoms with van der Waals surface area (Å²) in [6.45, 7) is -0.0186. The summed E-state index contributed by atoms with van der Waals surface area (Å²) in [5.41, 5.74) is 11.4. The van der Waals surface area contributed by atoms with Gasteiger partial charge < -0.3 is 31.5 Å². The number of halogens is 1. The molecule has 1 aliphatic rings. The molecule has 26 heavy (non-hydrogen) atoms. The molecule has 14 heteroatoms. The van der Waals surface area contributed by atoms with E-state index in [0.717, 1.165) is 10.9 Å². The Morgan fingerprint density at radius 1 is 1.31 bits per heavy atom. The zero-order valence-corrected chi connectivity index (χ0v) is 13.8. The topological polar surface area (TPSA) is 196 Å². The molecule has 0 amide bonds. The first kappa shape index (κ1) is 16.9. The molecule has 0 aromatic carbocycles. The van der Waals surface area contributed by atoms with Crippen LogP contribution in [0.15, 0.2) is 12.5 Å². The lowest BCUT2D eigenvalue weighted by molar-refractivity contribution is -0.286. The third-order valence-corrected chi connectivity index (χ3v) is 4.25. The van der Waals surface area contributed by atoms with Gasteiger partial charge in [0.15, 0.2) is 23.4 Å². The third-order valence-electron chi connectivity index (χ3n) is 4.08. The Morgan fingerprint density at radius 2 is 2.08 bits per heavy atom. The maximum Gasteiger partial charge on any atom is 0.286 e. The lowest BCUT2D eigenvalue weighted by Gasteiger charge is -2.27. The van der Waals surface area contributed by atoms with Crippen LogP contribution in [0.25, 0.3) is 11.2 Å². The average molecular weight is 384 g/mol.